The van der Waals surface area contributed by atoms with Crippen LogP contribution < -0.4 is 5.32 Å². The van der Waals surface area contributed by atoms with Crippen molar-refractivity contribution >= 4 is 27.5 Å². The van der Waals surface area contributed by atoms with E-state index in [1.807, 2.05) is 55.6 Å². The quantitative estimate of drug-likeness (QED) is 0.581. The summed E-state index contributed by atoms with van der Waals surface area (Å²) < 4.78 is 11.8. The zero-order valence-electron chi connectivity index (χ0n) is 15.0. The molecule has 27 heavy (non-hydrogen) atoms. The maximum absolute atomic E-state index is 11.8. The molecule has 2 aromatic carbocycles. The monoisotopic (exact) mass is 374 g/mol. The summed E-state index contributed by atoms with van der Waals surface area (Å²) in [5, 5.41) is 4.10. The number of rotatable bonds is 4. The highest BCUT2D eigenvalue weighted by Gasteiger charge is 2.11. The van der Waals surface area contributed by atoms with Crippen molar-refractivity contribution in [3.8, 4) is 22.5 Å². The van der Waals surface area contributed by atoms with Gasteiger partial charge in [0.15, 0.2) is 5.82 Å². The Bertz CT molecular complexity index is 1150. The largest absolute Gasteiger partial charge is 0.373 e. The van der Waals surface area contributed by atoms with Gasteiger partial charge in [-0.1, -0.05) is 18.2 Å². The number of nitrogens with zero attached hydrogens (tertiary/aromatic N) is 3. The first-order valence-corrected chi connectivity index (χ1v) is 10.1. The average molecular weight is 374 g/mol. The Balaban J connectivity index is 1.85. The topological polar surface area (TPSA) is 67.8 Å². The number of fused-ring (bicyclic) bond motifs is 1. The minimum Gasteiger partial charge on any atom is -0.373 e. The minimum atomic E-state index is -1.01. The number of hydrogen-bond donors (Lipinski definition) is 1. The summed E-state index contributed by atoms with van der Waals surface area (Å²) in [6, 6.07) is 17.7. The van der Waals surface area contributed by atoms with Crippen molar-refractivity contribution in [2.75, 3.05) is 18.6 Å². The van der Waals surface area contributed by atoms with Crippen LogP contribution in [0.15, 0.2) is 71.9 Å². The lowest BCUT2D eigenvalue weighted by Crippen LogP contribution is -1.99. The van der Waals surface area contributed by atoms with Crippen LogP contribution in [-0.2, 0) is 10.8 Å². The minimum absolute atomic E-state index is 0.635. The summed E-state index contributed by atoms with van der Waals surface area (Å²) in [4.78, 5) is 14.3. The molecule has 0 saturated heterocycles. The number of anilines is 1. The first kappa shape index (κ1) is 17.3. The lowest BCUT2D eigenvalue weighted by molar-refractivity contribution is 0.687. The molecule has 0 saturated carbocycles. The van der Waals surface area contributed by atoms with Gasteiger partial charge in [0, 0.05) is 52.3 Å². The SMILES string of the molecule is CNc1nc(-c2cccnc2)nc2ccc(-c3cccc(S(C)=O)c3)cc12. The van der Waals surface area contributed by atoms with E-state index in [0.29, 0.717) is 5.82 Å². The fraction of sp³-hybridized carbons (Fsp3) is 0.0952. The molecule has 0 fully saturated rings. The third-order valence-electron chi connectivity index (χ3n) is 4.35. The maximum atomic E-state index is 11.8. The third-order valence-corrected chi connectivity index (χ3v) is 5.27. The van der Waals surface area contributed by atoms with Gasteiger partial charge in [-0.05, 0) is 47.5 Å². The molecule has 1 unspecified atom stereocenters. The van der Waals surface area contributed by atoms with E-state index < -0.39 is 10.8 Å². The van der Waals surface area contributed by atoms with Crippen molar-refractivity contribution in [3.05, 3.63) is 67.0 Å². The van der Waals surface area contributed by atoms with Crippen molar-refractivity contribution in [3.63, 3.8) is 0 Å². The zero-order chi connectivity index (χ0) is 18.8. The van der Waals surface area contributed by atoms with Crippen LogP contribution in [0.4, 0.5) is 5.82 Å². The van der Waals surface area contributed by atoms with E-state index in [2.05, 4.69) is 21.4 Å². The fourth-order valence-electron chi connectivity index (χ4n) is 2.98. The van der Waals surface area contributed by atoms with Crippen LogP contribution in [0.25, 0.3) is 33.4 Å². The molecule has 1 N–H and O–H groups in total. The Hall–Kier alpha value is -3.12. The van der Waals surface area contributed by atoms with Crippen molar-refractivity contribution in [1.82, 2.24) is 15.0 Å². The van der Waals surface area contributed by atoms with E-state index in [-0.39, 0.29) is 0 Å². The molecule has 4 aromatic rings. The van der Waals surface area contributed by atoms with Gasteiger partial charge in [0.2, 0.25) is 0 Å². The number of aromatic nitrogens is 3. The van der Waals surface area contributed by atoms with Gasteiger partial charge in [-0.3, -0.25) is 9.19 Å². The van der Waals surface area contributed by atoms with Crippen LogP contribution in [-0.4, -0.2) is 32.5 Å². The Morgan fingerprint density at radius 2 is 1.74 bits per heavy atom. The Labute approximate surface area is 160 Å². The van der Waals surface area contributed by atoms with Gasteiger partial charge in [0.1, 0.15) is 5.82 Å². The van der Waals surface area contributed by atoms with E-state index in [9.17, 15) is 4.21 Å². The Morgan fingerprint density at radius 3 is 2.48 bits per heavy atom. The first-order valence-electron chi connectivity index (χ1n) is 8.49. The lowest BCUT2D eigenvalue weighted by atomic mass is 10.0. The number of benzene rings is 2. The Kier molecular flexibility index (Phi) is 4.64. The van der Waals surface area contributed by atoms with E-state index >= 15 is 0 Å². The molecular weight excluding hydrogens is 356 g/mol. The van der Waals surface area contributed by atoms with Crippen LogP contribution in [0.1, 0.15) is 0 Å². The summed E-state index contributed by atoms with van der Waals surface area (Å²) >= 11 is 0. The van der Waals surface area contributed by atoms with Crippen LogP contribution in [0.5, 0.6) is 0 Å². The maximum Gasteiger partial charge on any atom is 0.163 e. The molecule has 1 atom stereocenters. The second-order valence-corrected chi connectivity index (χ2v) is 7.48. The Morgan fingerprint density at radius 1 is 0.926 bits per heavy atom. The normalized spacial score (nSPS) is 12.1. The predicted octanol–water partition coefficient (Wildman–Crippen LogP) is 4.14. The van der Waals surface area contributed by atoms with Crippen molar-refractivity contribution in [2.24, 2.45) is 0 Å². The van der Waals surface area contributed by atoms with Gasteiger partial charge in [-0.15, -0.1) is 0 Å². The molecule has 4 rings (SSSR count). The highest BCUT2D eigenvalue weighted by molar-refractivity contribution is 7.84. The summed E-state index contributed by atoms with van der Waals surface area (Å²) in [6.07, 6.45) is 5.17. The van der Waals surface area contributed by atoms with Gasteiger partial charge < -0.3 is 5.32 Å². The van der Waals surface area contributed by atoms with Crippen molar-refractivity contribution < 1.29 is 4.21 Å². The molecule has 0 aliphatic rings. The van der Waals surface area contributed by atoms with E-state index in [1.54, 1.807) is 18.6 Å². The second kappa shape index (κ2) is 7.25. The van der Waals surface area contributed by atoms with Crippen LogP contribution in [0.3, 0.4) is 0 Å². The van der Waals surface area contributed by atoms with Gasteiger partial charge >= 0.3 is 0 Å². The molecule has 0 aliphatic heterocycles. The molecule has 0 amide bonds. The van der Waals surface area contributed by atoms with E-state index in [0.717, 1.165) is 38.3 Å². The van der Waals surface area contributed by atoms with Crippen LogP contribution in [0.2, 0.25) is 0 Å². The number of hydrogen-bond acceptors (Lipinski definition) is 5. The molecule has 0 bridgehead atoms. The molecule has 0 aliphatic carbocycles. The molecule has 6 heteroatoms. The van der Waals surface area contributed by atoms with Gasteiger partial charge in [-0.25, -0.2) is 9.97 Å². The predicted molar refractivity (Wildman–Crippen MR) is 110 cm³/mol. The molecular formula is C21H18N4OS. The van der Waals surface area contributed by atoms with Crippen LogP contribution >= 0.6 is 0 Å². The smallest absolute Gasteiger partial charge is 0.163 e. The summed E-state index contributed by atoms with van der Waals surface area (Å²) in [5.41, 5.74) is 3.78. The third kappa shape index (κ3) is 3.44. The molecule has 2 heterocycles. The highest BCUT2D eigenvalue weighted by Crippen LogP contribution is 2.30. The fourth-order valence-corrected chi connectivity index (χ4v) is 3.54. The average Bonchev–Trinajstić information content (AvgIpc) is 2.73. The highest BCUT2D eigenvalue weighted by atomic mass is 32.2. The first-order chi connectivity index (χ1) is 13.2. The second-order valence-electron chi connectivity index (χ2n) is 6.10. The van der Waals surface area contributed by atoms with E-state index in [1.165, 1.54) is 0 Å². The number of pyridine rings is 1. The molecule has 0 spiro atoms. The zero-order valence-corrected chi connectivity index (χ0v) is 15.8. The lowest BCUT2D eigenvalue weighted by Gasteiger charge is -2.10. The number of nitrogens with one attached hydrogen (secondary N) is 1. The van der Waals surface area contributed by atoms with Crippen molar-refractivity contribution in [1.29, 1.82) is 0 Å². The van der Waals surface area contributed by atoms with Gasteiger partial charge in [0.25, 0.3) is 0 Å². The van der Waals surface area contributed by atoms with Gasteiger partial charge in [0.05, 0.1) is 5.52 Å². The standard InChI is InChI=1S/C21H18N4OS/c1-22-21-18-12-15(14-5-3-7-17(11-14)27(2)26)8-9-19(18)24-20(25-21)16-6-4-10-23-13-16/h3-13H,1-2H3,(H,22,24,25). The molecule has 0 radical (unpaired) electrons. The summed E-state index contributed by atoms with van der Waals surface area (Å²) in [7, 11) is 0.836. The molecule has 134 valence electrons. The van der Waals surface area contributed by atoms with Gasteiger partial charge in [-0.2, -0.15) is 0 Å². The molecule has 2 aromatic heterocycles. The van der Waals surface area contributed by atoms with E-state index in [4.69, 9.17) is 4.98 Å². The molecule has 5 nitrogen and oxygen atoms in total. The summed E-state index contributed by atoms with van der Waals surface area (Å²) in [5.74, 6) is 1.40. The van der Waals surface area contributed by atoms with Crippen LogP contribution in [0, 0.1) is 0 Å². The summed E-state index contributed by atoms with van der Waals surface area (Å²) in [6.45, 7) is 0. The van der Waals surface area contributed by atoms with Crippen molar-refractivity contribution in [2.45, 2.75) is 4.90 Å².